The maximum atomic E-state index is 10.6. The minimum atomic E-state index is -0.971. The second-order valence-corrected chi connectivity index (χ2v) is 13.6. The van der Waals surface area contributed by atoms with Crippen molar-refractivity contribution >= 4 is 44.5 Å². The highest BCUT2D eigenvalue weighted by Gasteiger charge is 2.35. The van der Waals surface area contributed by atoms with Gasteiger partial charge in [-0.15, -0.1) is 11.3 Å². The molecule has 7 aromatic rings. The predicted octanol–water partition coefficient (Wildman–Crippen LogP) is 8.45. The van der Waals surface area contributed by atoms with E-state index in [9.17, 15) is 5.11 Å². The van der Waals surface area contributed by atoms with Crippen molar-refractivity contribution in [1.29, 1.82) is 0 Å². The van der Waals surface area contributed by atoms with Crippen molar-refractivity contribution in [2.24, 2.45) is 0 Å². The lowest BCUT2D eigenvalue weighted by atomic mass is 9.82. The maximum absolute atomic E-state index is 10.6. The fourth-order valence-electron chi connectivity index (χ4n) is 5.36. The van der Waals surface area contributed by atoms with E-state index in [1.54, 1.807) is 25.2 Å². The SMILES string of the molecule is CC(C)(O)C(C)(C)OBc1cccc2c1sc1ccc(-c3nc(-c4ccccc4)nc(-c4cccc(-c5ccccc5)c4)n3)cc12. The van der Waals surface area contributed by atoms with Gasteiger partial charge in [0.25, 0.3) is 0 Å². The zero-order valence-corrected chi connectivity index (χ0v) is 27.2. The van der Waals surface area contributed by atoms with E-state index in [2.05, 4.69) is 72.8 Å². The molecule has 0 saturated heterocycles. The molecule has 0 spiro atoms. The topological polar surface area (TPSA) is 68.1 Å². The first kappa shape index (κ1) is 30.0. The largest absolute Gasteiger partial charge is 0.427 e. The van der Waals surface area contributed by atoms with Gasteiger partial charge in [-0.1, -0.05) is 97.1 Å². The van der Waals surface area contributed by atoms with Gasteiger partial charge in [-0.3, -0.25) is 0 Å². The summed E-state index contributed by atoms with van der Waals surface area (Å²) >= 11 is 1.75. The van der Waals surface area contributed by atoms with Crippen LogP contribution in [0.1, 0.15) is 27.7 Å². The van der Waals surface area contributed by atoms with E-state index < -0.39 is 11.2 Å². The van der Waals surface area contributed by atoms with E-state index in [4.69, 9.17) is 19.6 Å². The average molecular weight is 620 g/mol. The standard InChI is InChI=1S/C39H34BN3O2S/c1-38(2,44)39(3,4)45-40-32-20-12-19-30-31-24-29(21-22-33(31)46-34(30)32)37-42-35(26-15-9-6-10-16-26)41-36(43-37)28-18-11-17-27(23-28)25-13-7-5-8-14-25/h5-24,40,44H,1-4H3. The minimum absolute atomic E-state index is 0.410. The van der Waals surface area contributed by atoms with E-state index in [0.29, 0.717) is 25.0 Å². The number of aliphatic hydroxyl groups is 1. The summed E-state index contributed by atoms with van der Waals surface area (Å²) in [5, 5.41) is 12.9. The van der Waals surface area contributed by atoms with E-state index >= 15 is 0 Å². The molecule has 5 aromatic carbocycles. The number of benzene rings is 5. The third kappa shape index (κ3) is 5.85. The molecule has 5 nitrogen and oxygen atoms in total. The molecule has 7 rings (SSSR count). The summed E-state index contributed by atoms with van der Waals surface area (Å²) in [6.45, 7) is 7.42. The third-order valence-electron chi connectivity index (χ3n) is 8.79. The molecular formula is C39H34BN3O2S. The van der Waals surface area contributed by atoms with Crippen molar-refractivity contribution in [3.63, 3.8) is 0 Å². The van der Waals surface area contributed by atoms with Crippen LogP contribution in [0.15, 0.2) is 121 Å². The molecule has 0 unspecified atom stereocenters. The van der Waals surface area contributed by atoms with Crippen LogP contribution in [0.3, 0.4) is 0 Å². The molecule has 0 saturated carbocycles. The van der Waals surface area contributed by atoms with Gasteiger partial charge >= 0.3 is 7.48 Å². The van der Waals surface area contributed by atoms with Crippen molar-refractivity contribution in [2.45, 2.75) is 38.9 Å². The molecule has 2 heterocycles. The summed E-state index contributed by atoms with van der Waals surface area (Å²) in [5.74, 6) is 1.89. The van der Waals surface area contributed by atoms with Gasteiger partial charge in [-0.25, -0.2) is 15.0 Å². The van der Waals surface area contributed by atoms with Crippen LogP contribution >= 0.6 is 11.3 Å². The average Bonchev–Trinajstić information content (AvgIpc) is 3.46. The Hall–Kier alpha value is -4.69. The van der Waals surface area contributed by atoms with Crippen LogP contribution in [-0.2, 0) is 4.65 Å². The van der Waals surface area contributed by atoms with Gasteiger partial charge in [0.1, 0.15) is 0 Å². The molecule has 0 atom stereocenters. The second-order valence-electron chi connectivity index (χ2n) is 12.6. The Morgan fingerprint density at radius 1 is 0.565 bits per heavy atom. The summed E-state index contributed by atoms with van der Waals surface area (Å²) in [6, 6.07) is 41.5. The molecule has 0 aliphatic heterocycles. The summed E-state index contributed by atoms with van der Waals surface area (Å²) < 4.78 is 8.62. The molecule has 7 heteroatoms. The summed E-state index contributed by atoms with van der Waals surface area (Å²) in [7, 11) is 0.410. The molecule has 0 radical (unpaired) electrons. The van der Waals surface area contributed by atoms with E-state index in [-0.39, 0.29) is 0 Å². The quantitative estimate of drug-likeness (QED) is 0.173. The molecule has 1 N–H and O–H groups in total. The van der Waals surface area contributed by atoms with Crippen LogP contribution < -0.4 is 5.46 Å². The minimum Gasteiger partial charge on any atom is -0.427 e. The summed E-state index contributed by atoms with van der Waals surface area (Å²) in [4.78, 5) is 15.0. The molecule has 46 heavy (non-hydrogen) atoms. The Kier molecular flexibility index (Phi) is 7.77. The zero-order valence-electron chi connectivity index (χ0n) is 26.4. The summed E-state index contributed by atoms with van der Waals surface area (Å²) in [6.07, 6.45) is 0. The lowest BCUT2D eigenvalue weighted by Crippen LogP contribution is -2.49. The van der Waals surface area contributed by atoms with Crippen molar-refractivity contribution in [3.05, 3.63) is 121 Å². The molecule has 0 aliphatic carbocycles. The smallest absolute Gasteiger partial charge is 0.310 e. The fourth-order valence-corrected chi connectivity index (χ4v) is 6.54. The van der Waals surface area contributed by atoms with Crippen LogP contribution in [0.5, 0.6) is 0 Å². The highest BCUT2D eigenvalue weighted by molar-refractivity contribution is 7.27. The van der Waals surface area contributed by atoms with Crippen molar-refractivity contribution in [2.75, 3.05) is 0 Å². The third-order valence-corrected chi connectivity index (χ3v) is 10.1. The molecule has 0 aliphatic rings. The lowest BCUT2D eigenvalue weighted by molar-refractivity contribution is -0.0893. The number of aromatic nitrogens is 3. The molecule has 226 valence electrons. The number of nitrogens with zero attached hydrogens (tertiary/aromatic N) is 3. The van der Waals surface area contributed by atoms with Crippen molar-refractivity contribution < 1.29 is 9.76 Å². The highest BCUT2D eigenvalue weighted by Crippen LogP contribution is 2.36. The first-order valence-electron chi connectivity index (χ1n) is 15.4. The zero-order chi connectivity index (χ0) is 31.9. The van der Waals surface area contributed by atoms with Gasteiger partial charge in [-0.2, -0.15) is 0 Å². The monoisotopic (exact) mass is 619 g/mol. The Morgan fingerprint density at radius 2 is 1.13 bits per heavy atom. The Bertz CT molecular complexity index is 2170. The Labute approximate surface area is 273 Å². The van der Waals surface area contributed by atoms with Gasteiger partial charge in [0.15, 0.2) is 17.5 Å². The van der Waals surface area contributed by atoms with E-state index in [1.165, 1.54) is 9.40 Å². The number of thiophene rings is 1. The Balaban J connectivity index is 1.32. The van der Waals surface area contributed by atoms with Crippen molar-refractivity contribution in [1.82, 2.24) is 15.0 Å². The predicted molar refractivity (Wildman–Crippen MR) is 193 cm³/mol. The summed E-state index contributed by atoms with van der Waals surface area (Å²) in [5.41, 5.74) is 4.48. The molecule has 0 amide bonds. The highest BCUT2D eigenvalue weighted by atomic mass is 32.1. The molecule has 0 bridgehead atoms. The lowest BCUT2D eigenvalue weighted by Gasteiger charge is -2.37. The maximum Gasteiger partial charge on any atom is 0.310 e. The van der Waals surface area contributed by atoms with Crippen LogP contribution in [0.4, 0.5) is 0 Å². The first-order valence-corrected chi connectivity index (χ1v) is 16.3. The number of hydrogen-bond acceptors (Lipinski definition) is 6. The van der Waals surface area contributed by atoms with Gasteiger partial charge in [0, 0.05) is 31.5 Å². The Morgan fingerprint density at radius 3 is 1.80 bits per heavy atom. The van der Waals surface area contributed by atoms with E-state index in [1.807, 2.05) is 62.4 Å². The van der Waals surface area contributed by atoms with Crippen LogP contribution in [-0.4, -0.2) is 38.7 Å². The number of fused-ring (bicyclic) bond motifs is 3. The van der Waals surface area contributed by atoms with Crippen LogP contribution in [0.25, 0.3) is 65.5 Å². The van der Waals surface area contributed by atoms with Gasteiger partial charge in [0.05, 0.1) is 11.2 Å². The van der Waals surface area contributed by atoms with Gasteiger partial charge in [0.2, 0.25) is 0 Å². The van der Waals surface area contributed by atoms with Crippen LogP contribution in [0.2, 0.25) is 0 Å². The number of rotatable bonds is 8. The molecule has 0 fully saturated rings. The van der Waals surface area contributed by atoms with Gasteiger partial charge in [-0.05, 0) is 73.9 Å². The second kappa shape index (κ2) is 11.9. The van der Waals surface area contributed by atoms with Crippen molar-refractivity contribution in [3.8, 4) is 45.3 Å². The normalized spacial score (nSPS) is 12.1. The molecule has 2 aromatic heterocycles. The first-order chi connectivity index (χ1) is 22.2. The number of hydrogen-bond donors (Lipinski definition) is 1. The van der Waals surface area contributed by atoms with E-state index in [0.717, 1.165) is 44.1 Å². The molecular weight excluding hydrogens is 585 g/mol. The van der Waals surface area contributed by atoms with Crippen LogP contribution in [0, 0.1) is 0 Å². The fraction of sp³-hybridized carbons (Fsp3) is 0.154. The van der Waals surface area contributed by atoms with Gasteiger partial charge < -0.3 is 9.76 Å².